The summed E-state index contributed by atoms with van der Waals surface area (Å²) in [6, 6.07) is 6.45. The first-order valence-electron chi connectivity index (χ1n) is 7.92. The number of anilines is 1. The summed E-state index contributed by atoms with van der Waals surface area (Å²) in [5.74, 6) is -0.420. The van der Waals surface area contributed by atoms with Gasteiger partial charge in [0.15, 0.2) is 0 Å². The minimum atomic E-state index is -0.529. The molecule has 1 saturated heterocycles. The average molecular weight is 317 g/mol. The lowest BCUT2D eigenvalue weighted by molar-refractivity contribution is -0.131. The van der Waals surface area contributed by atoms with Crippen LogP contribution in [0.2, 0.25) is 0 Å². The van der Waals surface area contributed by atoms with Gasteiger partial charge in [0, 0.05) is 5.69 Å². The standard InChI is InChI=1S/C17H23N3O3/c1-4-12-7-5-6-8-13(12)18-15(21)10-20-16(22)14(9-11(2)3)19-17(20)23/h5-8,11,14H,4,9-10H2,1-3H3,(H,18,21)(H,19,23). The van der Waals surface area contributed by atoms with E-state index in [0.717, 1.165) is 16.9 Å². The monoisotopic (exact) mass is 317 g/mol. The van der Waals surface area contributed by atoms with Crippen molar-refractivity contribution >= 4 is 23.5 Å². The fourth-order valence-corrected chi connectivity index (χ4v) is 2.64. The molecule has 1 fully saturated rings. The predicted molar refractivity (Wildman–Crippen MR) is 87.9 cm³/mol. The van der Waals surface area contributed by atoms with Crippen LogP contribution in [-0.4, -0.2) is 35.3 Å². The van der Waals surface area contributed by atoms with Crippen molar-refractivity contribution in [3.8, 4) is 0 Å². The second-order valence-electron chi connectivity index (χ2n) is 6.11. The van der Waals surface area contributed by atoms with Gasteiger partial charge in [-0.2, -0.15) is 0 Å². The Morgan fingerprint density at radius 2 is 2.00 bits per heavy atom. The van der Waals surface area contributed by atoms with Crippen LogP contribution in [0.3, 0.4) is 0 Å². The number of imide groups is 1. The first kappa shape index (κ1) is 17.0. The third-order valence-electron chi connectivity index (χ3n) is 3.79. The minimum Gasteiger partial charge on any atom is -0.326 e. The van der Waals surface area contributed by atoms with Crippen molar-refractivity contribution < 1.29 is 14.4 Å². The molecule has 0 aromatic heterocycles. The van der Waals surface area contributed by atoms with Gasteiger partial charge in [-0.3, -0.25) is 14.5 Å². The van der Waals surface area contributed by atoms with Crippen LogP contribution in [0.4, 0.5) is 10.5 Å². The van der Waals surface area contributed by atoms with Gasteiger partial charge < -0.3 is 10.6 Å². The molecule has 1 atom stereocenters. The molecule has 0 aliphatic carbocycles. The number of rotatable bonds is 6. The largest absolute Gasteiger partial charge is 0.326 e. The molecule has 0 radical (unpaired) electrons. The Morgan fingerprint density at radius 1 is 1.30 bits per heavy atom. The predicted octanol–water partition coefficient (Wildman–Crippen LogP) is 2.15. The Morgan fingerprint density at radius 3 is 2.65 bits per heavy atom. The highest BCUT2D eigenvalue weighted by Gasteiger charge is 2.38. The molecular weight excluding hydrogens is 294 g/mol. The van der Waals surface area contributed by atoms with E-state index in [2.05, 4.69) is 10.6 Å². The Balaban J connectivity index is 2.00. The normalized spacial score (nSPS) is 17.6. The van der Waals surface area contributed by atoms with Crippen LogP contribution in [0.15, 0.2) is 24.3 Å². The first-order valence-corrected chi connectivity index (χ1v) is 7.92. The van der Waals surface area contributed by atoms with Crippen LogP contribution in [0.25, 0.3) is 0 Å². The molecule has 6 nitrogen and oxygen atoms in total. The van der Waals surface area contributed by atoms with Crippen LogP contribution in [0.1, 0.15) is 32.8 Å². The number of aryl methyl sites for hydroxylation is 1. The summed E-state index contributed by atoms with van der Waals surface area (Å²) in [5.41, 5.74) is 1.72. The molecular formula is C17H23N3O3. The van der Waals surface area contributed by atoms with E-state index >= 15 is 0 Å². The summed E-state index contributed by atoms with van der Waals surface area (Å²) in [7, 11) is 0. The molecule has 1 unspecified atom stereocenters. The van der Waals surface area contributed by atoms with Crippen molar-refractivity contribution in [1.29, 1.82) is 0 Å². The van der Waals surface area contributed by atoms with E-state index in [1.165, 1.54) is 0 Å². The average Bonchev–Trinajstić information content (AvgIpc) is 2.74. The number of hydrogen-bond donors (Lipinski definition) is 2. The van der Waals surface area contributed by atoms with Crippen LogP contribution >= 0.6 is 0 Å². The Bertz CT molecular complexity index is 613. The maximum atomic E-state index is 12.2. The van der Waals surface area contributed by atoms with Crippen molar-refractivity contribution in [2.75, 3.05) is 11.9 Å². The van der Waals surface area contributed by atoms with Gasteiger partial charge in [-0.1, -0.05) is 39.0 Å². The van der Waals surface area contributed by atoms with Crippen molar-refractivity contribution in [3.05, 3.63) is 29.8 Å². The van der Waals surface area contributed by atoms with E-state index < -0.39 is 12.1 Å². The zero-order chi connectivity index (χ0) is 17.0. The van der Waals surface area contributed by atoms with Gasteiger partial charge in [0.2, 0.25) is 5.91 Å². The van der Waals surface area contributed by atoms with Gasteiger partial charge in [-0.15, -0.1) is 0 Å². The van der Waals surface area contributed by atoms with Crippen LogP contribution in [-0.2, 0) is 16.0 Å². The maximum Gasteiger partial charge on any atom is 0.325 e. The minimum absolute atomic E-state index is 0.267. The van der Waals surface area contributed by atoms with Gasteiger partial charge >= 0.3 is 6.03 Å². The van der Waals surface area contributed by atoms with Crippen molar-refractivity contribution in [3.63, 3.8) is 0 Å². The fourth-order valence-electron chi connectivity index (χ4n) is 2.64. The fraction of sp³-hybridized carbons (Fsp3) is 0.471. The van der Waals surface area contributed by atoms with Crippen LogP contribution in [0.5, 0.6) is 0 Å². The number of carbonyl (C=O) groups excluding carboxylic acids is 3. The molecule has 23 heavy (non-hydrogen) atoms. The van der Waals surface area contributed by atoms with Gasteiger partial charge in [-0.05, 0) is 30.4 Å². The van der Waals surface area contributed by atoms with E-state index in [1.807, 2.05) is 45.0 Å². The third-order valence-corrected chi connectivity index (χ3v) is 3.79. The highest BCUT2D eigenvalue weighted by molar-refractivity contribution is 6.08. The molecule has 4 amide bonds. The molecule has 2 rings (SSSR count). The summed E-state index contributed by atoms with van der Waals surface area (Å²) < 4.78 is 0. The number of nitrogens with zero attached hydrogens (tertiary/aromatic N) is 1. The second kappa shape index (κ2) is 7.26. The molecule has 6 heteroatoms. The lowest BCUT2D eigenvalue weighted by atomic mass is 10.0. The summed E-state index contributed by atoms with van der Waals surface area (Å²) in [6.45, 7) is 5.70. The Hall–Kier alpha value is -2.37. The van der Waals surface area contributed by atoms with Gasteiger partial charge in [0.1, 0.15) is 12.6 Å². The van der Waals surface area contributed by atoms with Crippen LogP contribution < -0.4 is 10.6 Å². The zero-order valence-corrected chi connectivity index (χ0v) is 13.8. The number of hydrogen-bond acceptors (Lipinski definition) is 3. The van der Waals surface area contributed by atoms with Crippen LogP contribution in [0, 0.1) is 5.92 Å². The highest BCUT2D eigenvalue weighted by atomic mass is 16.2. The lowest BCUT2D eigenvalue weighted by Crippen LogP contribution is -2.38. The van der Waals surface area contributed by atoms with E-state index in [-0.39, 0.29) is 24.3 Å². The molecule has 1 heterocycles. The Kier molecular flexibility index (Phi) is 5.36. The number of nitrogens with one attached hydrogen (secondary N) is 2. The quantitative estimate of drug-likeness (QED) is 0.789. The van der Waals surface area contributed by atoms with Crippen molar-refractivity contribution in [2.24, 2.45) is 5.92 Å². The Labute approximate surface area is 136 Å². The SMILES string of the molecule is CCc1ccccc1NC(=O)CN1C(=O)NC(CC(C)C)C1=O. The van der Waals surface area contributed by atoms with Gasteiger partial charge in [-0.25, -0.2) is 4.79 Å². The van der Waals surface area contributed by atoms with E-state index in [4.69, 9.17) is 0 Å². The molecule has 2 N–H and O–H groups in total. The summed E-state index contributed by atoms with van der Waals surface area (Å²) in [5, 5.41) is 5.41. The number of benzene rings is 1. The van der Waals surface area contributed by atoms with Gasteiger partial charge in [0.25, 0.3) is 5.91 Å². The number of carbonyl (C=O) groups is 3. The third kappa shape index (κ3) is 4.09. The highest BCUT2D eigenvalue weighted by Crippen LogP contribution is 2.17. The zero-order valence-electron chi connectivity index (χ0n) is 13.8. The topological polar surface area (TPSA) is 78.5 Å². The van der Waals surface area contributed by atoms with Crippen molar-refractivity contribution in [2.45, 2.75) is 39.7 Å². The summed E-state index contributed by atoms with van der Waals surface area (Å²) in [4.78, 5) is 37.3. The molecule has 1 aromatic rings. The van der Waals surface area contributed by atoms with E-state index in [0.29, 0.717) is 12.1 Å². The van der Waals surface area contributed by atoms with Crippen molar-refractivity contribution in [1.82, 2.24) is 10.2 Å². The first-order chi connectivity index (χ1) is 10.9. The van der Waals surface area contributed by atoms with E-state index in [9.17, 15) is 14.4 Å². The number of amides is 4. The molecule has 0 bridgehead atoms. The molecule has 0 spiro atoms. The summed E-state index contributed by atoms with van der Waals surface area (Å²) in [6.07, 6.45) is 1.36. The lowest BCUT2D eigenvalue weighted by Gasteiger charge is -2.15. The number of urea groups is 1. The molecule has 1 aliphatic rings. The molecule has 0 saturated carbocycles. The van der Waals surface area contributed by atoms with E-state index in [1.54, 1.807) is 0 Å². The maximum absolute atomic E-state index is 12.2. The summed E-state index contributed by atoms with van der Waals surface area (Å²) >= 11 is 0. The van der Waals surface area contributed by atoms with Gasteiger partial charge in [0.05, 0.1) is 0 Å². The number of para-hydroxylation sites is 1. The second-order valence-corrected chi connectivity index (χ2v) is 6.11. The molecule has 1 aromatic carbocycles. The molecule has 124 valence electrons. The smallest absolute Gasteiger partial charge is 0.325 e. The molecule has 1 aliphatic heterocycles.